The third-order valence-corrected chi connectivity index (χ3v) is 7.62. The second kappa shape index (κ2) is 11.0. The van der Waals surface area contributed by atoms with Crippen LogP contribution in [-0.4, -0.2) is 92.0 Å². The third-order valence-electron chi connectivity index (χ3n) is 7.62. The van der Waals surface area contributed by atoms with Gasteiger partial charge in [0.25, 0.3) is 5.91 Å². The second-order valence-electron chi connectivity index (χ2n) is 11.6. The van der Waals surface area contributed by atoms with Crippen molar-refractivity contribution in [3.8, 4) is 17.1 Å². The lowest BCUT2D eigenvalue weighted by atomic mass is 9.88. The minimum Gasteiger partial charge on any atom is -0.444 e. The molecule has 0 unspecified atom stereocenters. The zero-order chi connectivity index (χ0) is 28.6. The molecule has 0 atom stereocenters. The fourth-order valence-corrected chi connectivity index (χ4v) is 5.41. The van der Waals surface area contributed by atoms with Gasteiger partial charge in [-0.2, -0.15) is 5.10 Å². The Kier molecular flexibility index (Phi) is 7.21. The SMILES string of the molecule is CC(C)(C)OC(=O)N1CCC(c2ccc3[nH]nc(-c4cn(-c5ccc(C(=O)N6CCOCC6)cc5)nn4)c3c2)CC1. The molecule has 6 rings (SSSR count). The monoisotopic (exact) mass is 557 g/mol. The maximum atomic E-state index is 12.8. The number of benzene rings is 2. The molecule has 11 heteroatoms. The Morgan fingerprint density at radius 1 is 0.976 bits per heavy atom. The van der Waals surface area contributed by atoms with Crippen molar-refractivity contribution in [3.63, 3.8) is 0 Å². The largest absolute Gasteiger partial charge is 0.444 e. The summed E-state index contributed by atoms with van der Waals surface area (Å²) in [5, 5.41) is 17.4. The van der Waals surface area contributed by atoms with Gasteiger partial charge in [0.1, 0.15) is 17.0 Å². The lowest BCUT2D eigenvalue weighted by molar-refractivity contribution is 0.0204. The number of fused-ring (bicyclic) bond motifs is 1. The minimum absolute atomic E-state index is 0.00782. The lowest BCUT2D eigenvalue weighted by Crippen LogP contribution is -2.41. The number of piperidine rings is 1. The van der Waals surface area contributed by atoms with E-state index in [2.05, 4.69) is 38.7 Å². The molecule has 0 spiro atoms. The Morgan fingerprint density at radius 2 is 1.71 bits per heavy atom. The second-order valence-corrected chi connectivity index (χ2v) is 11.6. The Hall–Kier alpha value is -4.25. The van der Waals surface area contributed by atoms with Crippen LogP contribution in [0, 0.1) is 0 Å². The van der Waals surface area contributed by atoms with Gasteiger partial charge < -0.3 is 19.3 Å². The van der Waals surface area contributed by atoms with Gasteiger partial charge in [0.05, 0.1) is 30.6 Å². The zero-order valence-electron chi connectivity index (χ0n) is 23.7. The Labute approximate surface area is 238 Å². The number of amides is 2. The van der Waals surface area contributed by atoms with Gasteiger partial charge in [-0.05, 0) is 81.5 Å². The van der Waals surface area contributed by atoms with Crippen LogP contribution in [0.3, 0.4) is 0 Å². The highest BCUT2D eigenvalue weighted by Crippen LogP contribution is 2.33. The number of rotatable bonds is 4. The van der Waals surface area contributed by atoms with Crippen LogP contribution in [-0.2, 0) is 9.47 Å². The highest BCUT2D eigenvalue weighted by Gasteiger charge is 2.28. The number of carbonyl (C=O) groups is 2. The number of hydrogen-bond donors (Lipinski definition) is 1. The molecule has 0 aliphatic carbocycles. The summed E-state index contributed by atoms with van der Waals surface area (Å²) in [7, 11) is 0. The van der Waals surface area contributed by atoms with Gasteiger partial charge in [-0.15, -0.1) is 5.10 Å². The Bertz CT molecular complexity index is 1540. The number of ether oxygens (including phenoxy) is 2. The first-order valence-electron chi connectivity index (χ1n) is 14.1. The van der Waals surface area contributed by atoms with E-state index in [0.717, 1.165) is 35.1 Å². The van der Waals surface area contributed by atoms with Crippen LogP contribution in [0.25, 0.3) is 28.0 Å². The third kappa shape index (κ3) is 5.81. The van der Waals surface area contributed by atoms with Crippen LogP contribution in [0.4, 0.5) is 4.79 Å². The van der Waals surface area contributed by atoms with Crippen LogP contribution in [0.5, 0.6) is 0 Å². The summed E-state index contributed by atoms with van der Waals surface area (Å²) < 4.78 is 12.6. The highest BCUT2D eigenvalue weighted by atomic mass is 16.6. The summed E-state index contributed by atoms with van der Waals surface area (Å²) in [6.07, 6.45) is 3.35. The Balaban J connectivity index is 1.16. The molecule has 214 valence electrons. The number of carbonyl (C=O) groups excluding carboxylic acids is 2. The van der Waals surface area contributed by atoms with E-state index in [1.165, 1.54) is 5.56 Å². The van der Waals surface area contributed by atoms with Gasteiger partial charge in [-0.3, -0.25) is 9.89 Å². The molecule has 41 heavy (non-hydrogen) atoms. The van der Waals surface area contributed by atoms with Gasteiger partial charge in [-0.25, -0.2) is 9.48 Å². The van der Waals surface area contributed by atoms with Crippen molar-refractivity contribution in [2.75, 3.05) is 39.4 Å². The van der Waals surface area contributed by atoms with Crippen LogP contribution < -0.4 is 0 Å². The summed E-state index contributed by atoms with van der Waals surface area (Å²) in [6, 6.07) is 13.7. The van der Waals surface area contributed by atoms with Crippen LogP contribution in [0.15, 0.2) is 48.7 Å². The first-order chi connectivity index (χ1) is 19.7. The zero-order valence-corrected chi connectivity index (χ0v) is 23.7. The number of likely N-dealkylation sites (tertiary alicyclic amines) is 1. The number of aromatic nitrogens is 5. The quantitative estimate of drug-likeness (QED) is 0.395. The van der Waals surface area contributed by atoms with Crippen LogP contribution in [0.1, 0.15) is 55.5 Å². The van der Waals surface area contributed by atoms with Gasteiger partial charge >= 0.3 is 6.09 Å². The van der Waals surface area contributed by atoms with Crippen molar-refractivity contribution in [2.24, 2.45) is 0 Å². The van der Waals surface area contributed by atoms with E-state index in [4.69, 9.17) is 9.47 Å². The fraction of sp³-hybridized carbons (Fsp3) is 0.433. The molecule has 4 heterocycles. The molecule has 2 aromatic carbocycles. The van der Waals surface area contributed by atoms with Crippen molar-refractivity contribution < 1.29 is 19.1 Å². The number of nitrogens with one attached hydrogen (secondary N) is 1. The number of H-pyrrole nitrogens is 1. The van der Waals surface area contributed by atoms with Crippen molar-refractivity contribution in [1.82, 2.24) is 35.0 Å². The average molecular weight is 558 g/mol. The number of hydrogen-bond acceptors (Lipinski definition) is 7. The Morgan fingerprint density at radius 3 is 2.41 bits per heavy atom. The number of aromatic amines is 1. The molecule has 2 amide bonds. The van der Waals surface area contributed by atoms with Crippen molar-refractivity contribution in [2.45, 2.75) is 45.1 Å². The maximum absolute atomic E-state index is 12.8. The molecule has 2 aliphatic rings. The van der Waals surface area contributed by atoms with Crippen LogP contribution in [0.2, 0.25) is 0 Å². The minimum atomic E-state index is -0.496. The highest BCUT2D eigenvalue weighted by molar-refractivity contribution is 5.94. The maximum Gasteiger partial charge on any atom is 0.410 e. The number of morpholine rings is 1. The fourth-order valence-electron chi connectivity index (χ4n) is 5.41. The molecule has 0 radical (unpaired) electrons. The molecular weight excluding hydrogens is 522 g/mol. The van der Waals surface area contributed by atoms with Gasteiger partial charge in [0.2, 0.25) is 0 Å². The van der Waals surface area contributed by atoms with E-state index in [0.29, 0.717) is 56.6 Å². The predicted octanol–water partition coefficient (Wildman–Crippen LogP) is 4.40. The molecule has 1 N–H and O–H groups in total. The standard InChI is InChI=1S/C30H35N7O4/c1-30(2,3)41-29(39)36-12-10-20(11-13-36)22-6-9-25-24(18-22)27(33-31-25)26-19-37(34-32-26)23-7-4-21(5-8-23)28(38)35-14-16-40-17-15-35/h4-9,18-20H,10-17H2,1-3H3,(H,31,33). The van der Waals surface area contributed by atoms with Gasteiger partial charge in [-0.1, -0.05) is 11.3 Å². The smallest absolute Gasteiger partial charge is 0.410 e. The van der Waals surface area contributed by atoms with Gasteiger partial charge in [0.15, 0.2) is 0 Å². The molecule has 2 fully saturated rings. The van der Waals surface area contributed by atoms with E-state index in [1.54, 1.807) is 9.58 Å². The molecule has 2 aliphatic heterocycles. The van der Waals surface area contributed by atoms with Crippen molar-refractivity contribution >= 4 is 22.9 Å². The molecule has 11 nitrogen and oxygen atoms in total. The topological polar surface area (TPSA) is 118 Å². The predicted molar refractivity (Wildman–Crippen MR) is 153 cm³/mol. The van der Waals surface area contributed by atoms with Crippen molar-refractivity contribution in [1.29, 1.82) is 0 Å². The summed E-state index contributed by atoms with van der Waals surface area (Å²) >= 11 is 0. The van der Waals surface area contributed by atoms with E-state index < -0.39 is 5.60 Å². The van der Waals surface area contributed by atoms with E-state index in [1.807, 2.05) is 56.1 Å². The average Bonchev–Trinajstić information content (AvgIpc) is 3.64. The number of nitrogens with zero attached hydrogens (tertiary/aromatic N) is 6. The summed E-state index contributed by atoms with van der Waals surface area (Å²) in [5.74, 6) is 0.351. The molecule has 4 aromatic rings. The summed E-state index contributed by atoms with van der Waals surface area (Å²) in [5.41, 5.74) is 4.48. The summed E-state index contributed by atoms with van der Waals surface area (Å²) in [4.78, 5) is 28.9. The van der Waals surface area contributed by atoms with E-state index >= 15 is 0 Å². The van der Waals surface area contributed by atoms with Crippen LogP contribution >= 0.6 is 0 Å². The van der Waals surface area contributed by atoms with E-state index in [-0.39, 0.29) is 12.0 Å². The molecule has 2 aromatic heterocycles. The van der Waals surface area contributed by atoms with Crippen molar-refractivity contribution in [3.05, 3.63) is 59.8 Å². The molecule has 2 saturated heterocycles. The lowest BCUT2D eigenvalue weighted by Gasteiger charge is -2.33. The first-order valence-corrected chi connectivity index (χ1v) is 14.1. The normalized spacial score (nSPS) is 16.8. The molecular formula is C30H35N7O4. The molecule has 0 bridgehead atoms. The first kappa shape index (κ1) is 26.9. The van der Waals surface area contributed by atoms with E-state index in [9.17, 15) is 9.59 Å². The summed E-state index contributed by atoms with van der Waals surface area (Å²) in [6.45, 7) is 9.36. The van der Waals surface area contributed by atoms with Gasteiger partial charge in [0, 0.05) is 37.1 Å². The molecule has 0 saturated carbocycles.